The molecule has 0 aliphatic carbocycles. The second kappa shape index (κ2) is 16.4. The molecule has 0 amide bonds. The number of anilines is 1. The lowest BCUT2D eigenvalue weighted by molar-refractivity contribution is -0.193. The van der Waals surface area contributed by atoms with Gasteiger partial charge in [-0.2, -0.15) is 39.5 Å². The molecule has 11 nitrogen and oxygen atoms in total. The van der Waals surface area contributed by atoms with Crippen LogP contribution in [0.15, 0.2) is 23.7 Å². The molecule has 3 N–H and O–H groups in total. The number of pyridine rings is 1. The lowest BCUT2D eigenvalue weighted by Gasteiger charge is -2.26. The first kappa shape index (κ1) is 38.3. The summed E-state index contributed by atoms with van der Waals surface area (Å²) in [6.45, 7) is 7.64. The average molecular weight is 673 g/mol. The molecule has 248 valence electrons. The highest BCUT2D eigenvalue weighted by atomic mass is 32.1. The number of nitrogens with zero attached hydrogens (tertiary/aromatic N) is 4. The Labute approximate surface area is 246 Å². The van der Waals surface area contributed by atoms with Crippen LogP contribution in [0.25, 0.3) is 0 Å². The largest absolute Gasteiger partial charge is 0.490 e. The van der Waals surface area contributed by atoms with Crippen LogP contribution in [0.5, 0.6) is 0 Å². The molecule has 0 bridgehead atoms. The van der Waals surface area contributed by atoms with Gasteiger partial charge in [0, 0.05) is 49.4 Å². The van der Waals surface area contributed by atoms with Crippen LogP contribution < -0.4 is 4.90 Å². The Kier molecular flexibility index (Phi) is 14.3. The summed E-state index contributed by atoms with van der Waals surface area (Å²) in [5.74, 6) is -7.16. The smallest absolute Gasteiger partial charge is 0.475 e. The molecule has 2 aliphatic rings. The van der Waals surface area contributed by atoms with E-state index in [1.807, 2.05) is 12.3 Å². The molecule has 2 aromatic rings. The number of thiazole rings is 1. The number of ether oxygens (including phenoxy) is 1. The van der Waals surface area contributed by atoms with Crippen LogP contribution in [0.1, 0.15) is 22.7 Å². The zero-order valence-electron chi connectivity index (χ0n) is 22.4. The highest BCUT2D eigenvalue weighted by molar-refractivity contribution is 7.09. The lowest BCUT2D eigenvalue weighted by Crippen LogP contribution is -2.38. The number of carboxylic acid groups (broad SMARTS) is 3. The molecule has 1 unspecified atom stereocenters. The predicted octanol–water partition coefficient (Wildman–Crippen LogP) is 4.36. The maximum atomic E-state index is 10.6. The fourth-order valence-corrected chi connectivity index (χ4v) is 4.05. The summed E-state index contributed by atoms with van der Waals surface area (Å²) >= 11 is 1.72. The Morgan fingerprint density at radius 3 is 1.89 bits per heavy atom. The van der Waals surface area contributed by atoms with Crippen LogP contribution in [-0.4, -0.2) is 99.0 Å². The van der Waals surface area contributed by atoms with Crippen LogP contribution in [-0.2, 0) is 32.2 Å². The maximum Gasteiger partial charge on any atom is 0.490 e. The number of aliphatic carboxylic acids is 3. The third-order valence-corrected chi connectivity index (χ3v) is 6.19. The van der Waals surface area contributed by atoms with E-state index in [1.54, 1.807) is 11.3 Å². The highest BCUT2D eigenvalue weighted by Gasteiger charge is 2.39. The predicted molar refractivity (Wildman–Crippen MR) is 133 cm³/mol. The molecule has 1 fully saturated rings. The van der Waals surface area contributed by atoms with Gasteiger partial charge in [-0.25, -0.2) is 24.4 Å². The number of hydrogen-bond donors (Lipinski definition) is 3. The fraction of sp³-hybridized carbons (Fsp3) is 0.522. The summed E-state index contributed by atoms with van der Waals surface area (Å²) in [5, 5.41) is 24.7. The van der Waals surface area contributed by atoms with Crippen molar-refractivity contribution >= 4 is 35.1 Å². The molecule has 2 aromatic heterocycles. The monoisotopic (exact) mass is 672 g/mol. The van der Waals surface area contributed by atoms with Crippen molar-refractivity contribution in [2.45, 2.75) is 51.0 Å². The van der Waals surface area contributed by atoms with E-state index < -0.39 is 36.4 Å². The van der Waals surface area contributed by atoms with Crippen LogP contribution in [0, 0.1) is 6.92 Å². The fourth-order valence-electron chi connectivity index (χ4n) is 3.44. The first-order chi connectivity index (χ1) is 20.1. The number of hydrogen-bond acceptors (Lipinski definition) is 9. The van der Waals surface area contributed by atoms with Crippen LogP contribution in [0.2, 0.25) is 0 Å². The minimum absolute atomic E-state index is 0.546. The molecule has 0 aromatic carbocycles. The van der Waals surface area contributed by atoms with Crippen molar-refractivity contribution in [1.82, 2.24) is 14.9 Å². The molecule has 0 saturated carbocycles. The van der Waals surface area contributed by atoms with Crippen LogP contribution in [0.4, 0.5) is 45.3 Å². The Morgan fingerprint density at radius 1 is 0.955 bits per heavy atom. The van der Waals surface area contributed by atoms with E-state index in [-0.39, 0.29) is 0 Å². The summed E-state index contributed by atoms with van der Waals surface area (Å²) in [6, 6.07) is 4.79. The molecule has 44 heavy (non-hydrogen) atoms. The SMILES string of the molecule is Cc1nc(CN2CCN(C3CCOC3)Cc3cccnc32)cs1.O=C(O)C(F)(F)F.O=C(O)C(F)(F)F.O=C(O)C(F)(F)F. The lowest BCUT2D eigenvalue weighted by atomic mass is 10.2. The molecule has 0 radical (unpaired) electrons. The van der Waals surface area contributed by atoms with Crippen LogP contribution in [0.3, 0.4) is 0 Å². The summed E-state index contributed by atoms with van der Waals surface area (Å²) in [7, 11) is 0. The molecule has 0 spiro atoms. The van der Waals surface area contributed by atoms with Gasteiger partial charge in [0.2, 0.25) is 0 Å². The number of rotatable bonds is 3. The number of alkyl halides is 9. The average Bonchev–Trinajstić information content (AvgIpc) is 3.54. The van der Waals surface area contributed by atoms with E-state index in [1.165, 1.54) is 5.56 Å². The Balaban J connectivity index is 0.000000379. The number of carbonyl (C=O) groups is 3. The van der Waals surface area contributed by atoms with Crippen molar-refractivity contribution in [2.75, 3.05) is 31.2 Å². The standard InChI is InChI=1S/C17H22N4OS.3C2HF3O2/c1-13-19-15(12-23-13)10-21-7-6-20(16-4-8-22-11-16)9-14-3-2-5-18-17(14)21;3*3-2(4,5)1(6)7/h2-3,5,12,16H,4,6-11H2,1H3;3*(H,6,7). The van der Waals surface area contributed by atoms with Gasteiger partial charge in [-0.1, -0.05) is 6.07 Å². The van der Waals surface area contributed by atoms with Crippen molar-refractivity contribution in [2.24, 2.45) is 0 Å². The molecule has 1 atom stereocenters. The van der Waals surface area contributed by atoms with Crippen LogP contribution >= 0.6 is 11.3 Å². The van der Waals surface area contributed by atoms with Crippen molar-refractivity contribution in [3.63, 3.8) is 0 Å². The zero-order valence-corrected chi connectivity index (χ0v) is 23.2. The highest BCUT2D eigenvalue weighted by Crippen LogP contribution is 2.27. The normalized spacial score (nSPS) is 17.0. The number of aromatic nitrogens is 2. The van der Waals surface area contributed by atoms with E-state index >= 15 is 0 Å². The first-order valence-electron chi connectivity index (χ1n) is 11.9. The molecular formula is C23H25F9N4O7S. The molecule has 4 rings (SSSR count). The second-order valence-corrected chi connectivity index (χ2v) is 9.72. The Bertz CT molecular complexity index is 1180. The van der Waals surface area contributed by atoms with Gasteiger partial charge < -0.3 is 25.0 Å². The summed E-state index contributed by atoms with van der Waals surface area (Å²) in [6.07, 6.45) is -12.2. The van der Waals surface area contributed by atoms with Gasteiger partial charge in [0.15, 0.2) is 0 Å². The molecule has 4 heterocycles. The number of carboxylic acids is 3. The van der Waals surface area contributed by atoms with Gasteiger partial charge in [-0.15, -0.1) is 11.3 Å². The van der Waals surface area contributed by atoms with Gasteiger partial charge in [0.05, 0.1) is 23.9 Å². The van der Waals surface area contributed by atoms with Crippen molar-refractivity contribution in [3.8, 4) is 0 Å². The van der Waals surface area contributed by atoms with E-state index in [2.05, 4.69) is 38.1 Å². The third kappa shape index (κ3) is 13.7. The number of halogens is 9. The van der Waals surface area contributed by atoms with Crippen molar-refractivity contribution in [1.29, 1.82) is 0 Å². The Hall–Kier alpha value is -3.72. The summed E-state index contributed by atoms with van der Waals surface area (Å²) in [4.78, 5) is 40.9. The van der Waals surface area contributed by atoms with Gasteiger partial charge in [-0.05, 0) is 19.4 Å². The zero-order chi connectivity index (χ0) is 33.9. The van der Waals surface area contributed by atoms with Gasteiger partial charge in [-0.3, -0.25) is 4.90 Å². The van der Waals surface area contributed by atoms with Crippen molar-refractivity contribution < 1.29 is 74.0 Å². The Morgan fingerprint density at radius 2 is 1.48 bits per heavy atom. The topological polar surface area (TPSA) is 153 Å². The van der Waals surface area contributed by atoms with E-state index in [4.69, 9.17) is 34.4 Å². The molecule has 1 saturated heterocycles. The van der Waals surface area contributed by atoms with E-state index in [0.29, 0.717) is 6.04 Å². The minimum Gasteiger partial charge on any atom is -0.475 e. The molecular weight excluding hydrogens is 647 g/mol. The number of aryl methyl sites for hydroxylation is 1. The summed E-state index contributed by atoms with van der Waals surface area (Å²) in [5.41, 5.74) is 2.45. The van der Waals surface area contributed by atoms with Gasteiger partial charge in [0.25, 0.3) is 0 Å². The van der Waals surface area contributed by atoms with Crippen molar-refractivity contribution in [3.05, 3.63) is 40.0 Å². The van der Waals surface area contributed by atoms with Gasteiger partial charge in [0.1, 0.15) is 5.82 Å². The summed E-state index contributed by atoms with van der Waals surface area (Å²) < 4.78 is 101. The third-order valence-electron chi connectivity index (χ3n) is 5.37. The second-order valence-electron chi connectivity index (χ2n) is 8.66. The quantitative estimate of drug-likeness (QED) is 0.399. The van der Waals surface area contributed by atoms with Gasteiger partial charge >= 0.3 is 36.4 Å². The van der Waals surface area contributed by atoms with E-state index in [9.17, 15) is 39.5 Å². The minimum atomic E-state index is -5.08. The van der Waals surface area contributed by atoms with E-state index in [0.717, 1.165) is 62.3 Å². The molecule has 2 aliphatic heterocycles. The maximum absolute atomic E-state index is 10.6. The number of fused-ring (bicyclic) bond motifs is 1. The molecule has 21 heteroatoms. The first-order valence-corrected chi connectivity index (χ1v) is 12.8.